The number of carbonyl (C=O) groups excluding carboxylic acids is 1. The van der Waals surface area contributed by atoms with Gasteiger partial charge >= 0.3 is 6.03 Å². The normalized spacial score (nSPS) is 15.5. The number of carbonyl (C=O) groups is 1. The molecule has 4 heteroatoms. The van der Waals surface area contributed by atoms with Gasteiger partial charge in [0.25, 0.3) is 0 Å². The van der Waals surface area contributed by atoms with Crippen LogP contribution < -0.4 is 10.6 Å². The number of urea groups is 1. The van der Waals surface area contributed by atoms with Gasteiger partial charge in [-0.1, -0.05) is 24.1 Å². The largest absolute Gasteiger partial charge is 0.337 e. The van der Waals surface area contributed by atoms with E-state index in [1.165, 1.54) is 4.90 Å². The first kappa shape index (κ1) is 12.8. The van der Waals surface area contributed by atoms with Crippen LogP contribution >= 0.6 is 11.8 Å². The van der Waals surface area contributed by atoms with Gasteiger partial charge in [0.15, 0.2) is 0 Å². The monoisotopic (exact) mass is 260 g/mol. The van der Waals surface area contributed by atoms with E-state index in [-0.39, 0.29) is 17.3 Å². The lowest BCUT2D eigenvalue weighted by atomic mass is 10.4. The SMILES string of the molecule is C#CCNC(=O)NCC1(Sc2ccccc2)CC1. The molecule has 0 heterocycles. The average molecular weight is 260 g/mol. The van der Waals surface area contributed by atoms with Crippen LogP contribution in [0.2, 0.25) is 0 Å². The van der Waals surface area contributed by atoms with Crippen molar-refractivity contribution in [3.05, 3.63) is 30.3 Å². The van der Waals surface area contributed by atoms with E-state index in [4.69, 9.17) is 6.42 Å². The summed E-state index contributed by atoms with van der Waals surface area (Å²) in [5.74, 6) is 2.37. The van der Waals surface area contributed by atoms with Crippen molar-refractivity contribution in [1.82, 2.24) is 10.6 Å². The van der Waals surface area contributed by atoms with Crippen molar-refractivity contribution in [2.45, 2.75) is 22.5 Å². The molecule has 94 valence electrons. The van der Waals surface area contributed by atoms with Gasteiger partial charge in [0, 0.05) is 16.2 Å². The predicted octanol–water partition coefficient (Wildman–Crippen LogP) is 2.24. The smallest absolute Gasteiger partial charge is 0.315 e. The van der Waals surface area contributed by atoms with Crippen LogP contribution in [0, 0.1) is 12.3 Å². The van der Waals surface area contributed by atoms with Crippen LogP contribution in [-0.4, -0.2) is 23.9 Å². The Hall–Kier alpha value is -1.60. The molecule has 2 rings (SSSR count). The van der Waals surface area contributed by atoms with Crippen LogP contribution in [0.1, 0.15) is 12.8 Å². The van der Waals surface area contributed by atoms with Gasteiger partial charge < -0.3 is 10.6 Å². The van der Waals surface area contributed by atoms with E-state index in [9.17, 15) is 4.79 Å². The van der Waals surface area contributed by atoms with Crippen molar-refractivity contribution < 1.29 is 4.79 Å². The van der Waals surface area contributed by atoms with E-state index >= 15 is 0 Å². The van der Waals surface area contributed by atoms with Gasteiger partial charge in [-0.2, -0.15) is 0 Å². The third kappa shape index (κ3) is 3.71. The van der Waals surface area contributed by atoms with Crippen LogP contribution in [-0.2, 0) is 0 Å². The maximum Gasteiger partial charge on any atom is 0.315 e. The quantitative estimate of drug-likeness (QED) is 0.797. The van der Waals surface area contributed by atoms with Crippen molar-refractivity contribution in [3.8, 4) is 12.3 Å². The van der Waals surface area contributed by atoms with E-state index < -0.39 is 0 Å². The lowest BCUT2D eigenvalue weighted by molar-refractivity contribution is 0.242. The maximum absolute atomic E-state index is 11.4. The summed E-state index contributed by atoms with van der Waals surface area (Å²) >= 11 is 1.84. The van der Waals surface area contributed by atoms with Crippen LogP contribution in [0.5, 0.6) is 0 Å². The molecule has 0 unspecified atom stereocenters. The van der Waals surface area contributed by atoms with Crippen molar-refractivity contribution in [2.24, 2.45) is 0 Å². The van der Waals surface area contributed by atoms with E-state index in [1.54, 1.807) is 0 Å². The van der Waals surface area contributed by atoms with Crippen LogP contribution in [0.3, 0.4) is 0 Å². The second-order valence-corrected chi connectivity index (χ2v) is 5.88. The topological polar surface area (TPSA) is 41.1 Å². The molecule has 1 fully saturated rings. The van der Waals surface area contributed by atoms with E-state index in [2.05, 4.69) is 28.7 Å². The highest BCUT2D eigenvalue weighted by Crippen LogP contribution is 2.51. The summed E-state index contributed by atoms with van der Waals surface area (Å²) in [6.07, 6.45) is 7.36. The standard InChI is InChI=1S/C14H16N2OS/c1-2-10-15-13(17)16-11-14(8-9-14)18-12-6-4-3-5-7-12/h1,3-7H,8-11H2,(H2,15,16,17). The summed E-state index contributed by atoms with van der Waals surface area (Å²) in [5.41, 5.74) is 0. The van der Waals surface area contributed by atoms with Gasteiger partial charge in [0.1, 0.15) is 0 Å². The molecule has 3 nitrogen and oxygen atoms in total. The second-order valence-electron chi connectivity index (χ2n) is 4.34. The minimum absolute atomic E-state index is 0.175. The van der Waals surface area contributed by atoms with Crippen LogP contribution in [0.25, 0.3) is 0 Å². The van der Waals surface area contributed by atoms with Crippen molar-refractivity contribution >= 4 is 17.8 Å². The third-order valence-corrected chi connectivity index (χ3v) is 4.30. The lowest BCUT2D eigenvalue weighted by Crippen LogP contribution is -2.39. The third-order valence-electron chi connectivity index (χ3n) is 2.81. The first-order valence-electron chi connectivity index (χ1n) is 5.93. The molecule has 0 radical (unpaired) electrons. The molecular weight excluding hydrogens is 244 g/mol. The molecule has 0 bridgehead atoms. The highest BCUT2D eigenvalue weighted by molar-refractivity contribution is 8.01. The number of hydrogen-bond acceptors (Lipinski definition) is 2. The predicted molar refractivity (Wildman–Crippen MR) is 74.5 cm³/mol. The first-order valence-corrected chi connectivity index (χ1v) is 6.75. The second kappa shape index (κ2) is 5.83. The van der Waals surface area contributed by atoms with Crippen molar-refractivity contribution in [1.29, 1.82) is 0 Å². The van der Waals surface area contributed by atoms with E-state index in [0.717, 1.165) is 12.8 Å². The molecule has 2 amide bonds. The van der Waals surface area contributed by atoms with Gasteiger partial charge in [-0.05, 0) is 25.0 Å². The Balaban J connectivity index is 1.79. The molecule has 1 aliphatic rings. The van der Waals surface area contributed by atoms with E-state index in [0.29, 0.717) is 6.54 Å². The van der Waals surface area contributed by atoms with Gasteiger partial charge in [-0.25, -0.2) is 4.79 Å². The van der Waals surface area contributed by atoms with Gasteiger partial charge in [-0.15, -0.1) is 18.2 Å². The molecule has 18 heavy (non-hydrogen) atoms. The van der Waals surface area contributed by atoms with Crippen molar-refractivity contribution in [3.63, 3.8) is 0 Å². The molecule has 0 atom stereocenters. The Kier molecular flexibility index (Phi) is 4.16. The minimum atomic E-state index is -0.187. The fourth-order valence-corrected chi connectivity index (χ4v) is 2.87. The molecule has 0 aliphatic heterocycles. The Labute approximate surface area is 112 Å². The average Bonchev–Trinajstić information content (AvgIpc) is 3.15. The highest BCUT2D eigenvalue weighted by atomic mass is 32.2. The Morgan fingerprint density at radius 1 is 1.33 bits per heavy atom. The van der Waals surface area contributed by atoms with Gasteiger partial charge in [0.05, 0.1) is 6.54 Å². The number of hydrogen-bond donors (Lipinski definition) is 2. The first-order chi connectivity index (χ1) is 8.74. The summed E-state index contributed by atoms with van der Waals surface area (Å²) in [4.78, 5) is 12.7. The molecule has 1 aliphatic carbocycles. The molecule has 0 saturated heterocycles. The summed E-state index contributed by atoms with van der Waals surface area (Å²) in [5, 5.41) is 5.48. The lowest BCUT2D eigenvalue weighted by Gasteiger charge is -2.15. The number of thioether (sulfide) groups is 1. The number of amides is 2. The molecule has 1 saturated carbocycles. The Morgan fingerprint density at radius 2 is 2.06 bits per heavy atom. The number of terminal acetylenes is 1. The zero-order valence-electron chi connectivity index (χ0n) is 10.1. The van der Waals surface area contributed by atoms with Gasteiger partial charge in [0.2, 0.25) is 0 Å². The zero-order chi connectivity index (χ0) is 12.8. The van der Waals surface area contributed by atoms with Crippen LogP contribution in [0.4, 0.5) is 4.79 Å². The molecule has 0 spiro atoms. The molecule has 2 N–H and O–H groups in total. The van der Waals surface area contributed by atoms with Gasteiger partial charge in [-0.3, -0.25) is 0 Å². The van der Waals surface area contributed by atoms with E-state index in [1.807, 2.05) is 30.0 Å². The number of nitrogens with one attached hydrogen (secondary N) is 2. The Bertz CT molecular complexity index is 449. The maximum atomic E-state index is 11.4. The summed E-state index contributed by atoms with van der Waals surface area (Å²) in [6, 6.07) is 10.1. The molecule has 1 aromatic rings. The molecular formula is C14H16N2OS. The fraction of sp³-hybridized carbons (Fsp3) is 0.357. The number of benzene rings is 1. The van der Waals surface area contributed by atoms with Crippen molar-refractivity contribution in [2.75, 3.05) is 13.1 Å². The molecule has 1 aromatic carbocycles. The zero-order valence-corrected chi connectivity index (χ0v) is 10.9. The Morgan fingerprint density at radius 3 is 2.67 bits per heavy atom. The summed E-state index contributed by atoms with van der Waals surface area (Å²) in [7, 11) is 0. The minimum Gasteiger partial charge on any atom is -0.337 e. The summed E-state index contributed by atoms with van der Waals surface area (Å²) < 4.78 is 0.175. The fourth-order valence-electron chi connectivity index (χ4n) is 1.63. The van der Waals surface area contributed by atoms with Crippen LogP contribution in [0.15, 0.2) is 35.2 Å². The highest BCUT2D eigenvalue weighted by Gasteiger charge is 2.43. The summed E-state index contributed by atoms with van der Waals surface area (Å²) in [6.45, 7) is 0.952. The number of rotatable bonds is 5. The molecule has 0 aromatic heterocycles.